The van der Waals surface area contributed by atoms with E-state index in [-0.39, 0.29) is 13.2 Å². The second-order valence-electron chi connectivity index (χ2n) is 7.64. The zero-order valence-electron chi connectivity index (χ0n) is 15.6. The van der Waals surface area contributed by atoms with Gasteiger partial charge in [0.05, 0.1) is 24.8 Å². The molecule has 9 heteroatoms. The summed E-state index contributed by atoms with van der Waals surface area (Å²) in [6.07, 6.45) is -3.05. The molecule has 1 aromatic rings. The molecule has 0 unspecified atom stereocenters. The highest BCUT2D eigenvalue weighted by atomic mass is 16.7. The van der Waals surface area contributed by atoms with Crippen LogP contribution in [0, 0.1) is 0 Å². The highest BCUT2D eigenvalue weighted by Gasteiger charge is 2.49. The number of hydrogen-bond acceptors (Lipinski definition) is 6. The number of carbonyl (C=O) groups is 1. The Morgan fingerprint density at radius 1 is 1.37 bits per heavy atom. The van der Waals surface area contributed by atoms with E-state index in [2.05, 4.69) is 10.0 Å². The van der Waals surface area contributed by atoms with Crippen molar-refractivity contribution in [1.29, 1.82) is 0 Å². The smallest absolute Gasteiger partial charge is 0.410 e. The van der Waals surface area contributed by atoms with Gasteiger partial charge in [-0.3, -0.25) is 4.90 Å². The van der Waals surface area contributed by atoms with Gasteiger partial charge in [-0.05, 0) is 26.3 Å². The predicted octanol–water partition coefficient (Wildman–Crippen LogP) is 2.76. The summed E-state index contributed by atoms with van der Waals surface area (Å²) in [5.41, 5.74) is 8.94. The molecular weight excluding hydrogens is 352 g/mol. The van der Waals surface area contributed by atoms with Crippen LogP contribution in [0.25, 0.3) is 10.4 Å². The number of amides is 1. The third-order valence-corrected chi connectivity index (χ3v) is 4.49. The van der Waals surface area contributed by atoms with E-state index < -0.39 is 42.3 Å². The summed E-state index contributed by atoms with van der Waals surface area (Å²) in [5.74, 6) is 0. The van der Waals surface area contributed by atoms with E-state index in [1.807, 2.05) is 30.3 Å². The van der Waals surface area contributed by atoms with Gasteiger partial charge in [-0.1, -0.05) is 35.4 Å². The number of rotatable bonds is 2. The molecular formula is C18H24N4O5. The van der Waals surface area contributed by atoms with Gasteiger partial charge in [0.15, 0.2) is 6.29 Å². The summed E-state index contributed by atoms with van der Waals surface area (Å²) < 4.78 is 17.2. The lowest BCUT2D eigenvalue weighted by Crippen LogP contribution is -2.66. The Morgan fingerprint density at radius 2 is 2.07 bits per heavy atom. The maximum Gasteiger partial charge on any atom is 0.410 e. The number of nitrogens with zero attached hydrogens (tertiary/aromatic N) is 4. The summed E-state index contributed by atoms with van der Waals surface area (Å²) in [6, 6.07) is 7.95. The maximum absolute atomic E-state index is 12.7. The topological polar surface area (TPSA) is 117 Å². The summed E-state index contributed by atoms with van der Waals surface area (Å²) in [4.78, 5) is 16.9. The number of ether oxygens (including phenoxy) is 3. The third-order valence-electron chi connectivity index (χ3n) is 4.49. The largest absolute Gasteiger partial charge is 0.444 e. The van der Waals surface area contributed by atoms with Gasteiger partial charge in [-0.25, -0.2) is 4.79 Å². The van der Waals surface area contributed by atoms with Crippen molar-refractivity contribution in [2.75, 3.05) is 13.2 Å². The molecule has 2 aliphatic rings. The van der Waals surface area contributed by atoms with Gasteiger partial charge in [0.25, 0.3) is 0 Å². The number of piperidine rings is 1. The molecule has 1 amide bonds. The van der Waals surface area contributed by atoms with Gasteiger partial charge in [0.2, 0.25) is 0 Å². The van der Waals surface area contributed by atoms with Gasteiger partial charge in [0.1, 0.15) is 11.7 Å². The number of carbonyl (C=O) groups excluding carboxylic acids is 1. The Bertz CT molecular complexity index is 716. The van der Waals surface area contributed by atoms with E-state index in [1.165, 1.54) is 4.90 Å². The SMILES string of the molecule is CC(C)(C)OC(=O)N1C[C@H](N=[N+]=[N-])[C@@H](O)[C@@H]2O[C@H](c3ccccc3)OC[C@H]21. The van der Waals surface area contributed by atoms with Crippen molar-refractivity contribution < 1.29 is 24.1 Å². The third kappa shape index (κ3) is 4.33. The van der Waals surface area contributed by atoms with Crippen molar-refractivity contribution in [1.82, 2.24) is 4.90 Å². The average molecular weight is 376 g/mol. The summed E-state index contributed by atoms with van der Waals surface area (Å²) in [6.45, 7) is 5.51. The van der Waals surface area contributed by atoms with Gasteiger partial charge < -0.3 is 19.3 Å². The molecule has 2 fully saturated rings. The highest BCUT2D eigenvalue weighted by molar-refractivity contribution is 5.69. The second-order valence-corrected chi connectivity index (χ2v) is 7.64. The van der Waals surface area contributed by atoms with Crippen LogP contribution in [0.1, 0.15) is 32.6 Å². The molecule has 27 heavy (non-hydrogen) atoms. The zero-order valence-corrected chi connectivity index (χ0v) is 15.6. The monoisotopic (exact) mass is 376 g/mol. The zero-order chi connectivity index (χ0) is 19.6. The fourth-order valence-corrected chi connectivity index (χ4v) is 3.28. The first-order chi connectivity index (χ1) is 12.8. The number of fused-ring (bicyclic) bond motifs is 1. The van der Waals surface area contributed by atoms with Gasteiger partial charge in [-0.15, -0.1) is 0 Å². The maximum atomic E-state index is 12.7. The average Bonchev–Trinajstić information content (AvgIpc) is 2.63. The summed E-state index contributed by atoms with van der Waals surface area (Å²) >= 11 is 0. The molecule has 2 saturated heterocycles. The van der Waals surface area contributed by atoms with E-state index in [0.29, 0.717) is 0 Å². The number of likely N-dealkylation sites (tertiary alicyclic amines) is 1. The molecule has 3 rings (SSSR count). The molecule has 5 atom stereocenters. The Kier molecular flexibility index (Phi) is 5.57. The first kappa shape index (κ1) is 19.4. The molecule has 9 nitrogen and oxygen atoms in total. The molecule has 0 spiro atoms. The number of aliphatic hydroxyl groups excluding tert-OH is 1. The molecule has 0 bridgehead atoms. The minimum atomic E-state index is -1.06. The minimum absolute atomic E-state index is 0.0318. The van der Waals surface area contributed by atoms with Crippen LogP contribution < -0.4 is 0 Å². The van der Waals surface area contributed by atoms with E-state index in [0.717, 1.165) is 5.56 Å². The first-order valence-corrected chi connectivity index (χ1v) is 8.84. The van der Waals surface area contributed by atoms with E-state index in [4.69, 9.17) is 19.7 Å². The van der Waals surface area contributed by atoms with Crippen LogP contribution in [0.3, 0.4) is 0 Å². The molecule has 0 radical (unpaired) electrons. The van der Waals surface area contributed by atoms with Crippen LogP contribution in [0.4, 0.5) is 4.79 Å². The quantitative estimate of drug-likeness (QED) is 0.484. The fourth-order valence-electron chi connectivity index (χ4n) is 3.28. The van der Waals surface area contributed by atoms with Crippen LogP contribution in [0.2, 0.25) is 0 Å². The predicted molar refractivity (Wildman–Crippen MR) is 95.7 cm³/mol. The van der Waals surface area contributed by atoms with Gasteiger partial charge in [-0.2, -0.15) is 0 Å². The second kappa shape index (κ2) is 7.74. The lowest BCUT2D eigenvalue weighted by Gasteiger charge is -2.49. The van der Waals surface area contributed by atoms with Crippen molar-refractivity contribution in [3.05, 3.63) is 46.3 Å². The molecule has 146 valence electrons. The Morgan fingerprint density at radius 3 is 2.70 bits per heavy atom. The molecule has 0 saturated carbocycles. The van der Waals surface area contributed by atoms with Crippen molar-refractivity contribution in [3.8, 4) is 0 Å². The van der Waals surface area contributed by atoms with Crippen molar-refractivity contribution >= 4 is 6.09 Å². The van der Waals surface area contributed by atoms with Crippen LogP contribution in [0.5, 0.6) is 0 Å². The fraction of sp³-hybridized carbons (Fsp3) is 0.611. The Hall–Kier alpha value is -2.32. The molecule has 0 aliphatic carbocycles. The number of hydrogen-bond donors (Lipinski definition) is 1. The molecule has 1 N–H and O–H groups in total. The lowest BCUT2D eigenvalue weighted by atomic mass is 9.92. The highest BCUT2D eigenvalue weighted by Crippen LogP contribution is 2.34. The van der Waals surface area contributed by atoms with E-state index >= 15 is 0 Å². The van der Waals surface area contributed by atoms with Gasteiger partial charge in [0, 0.05) is 17.0 Å². The van der Waals surface area contributed by atoms with E-state index in [1.54, 1.807) is 20.8 Å². The standard InChI is InChI=1S/C18H24N4O5/c1-18(2,3)27-17(24)22-9-12(20-21-19)14(23)15-13(22)10-25-16(26-15)11-7-5-4-6-8-11/h4-8,12-16,23H,9-10H2,1-3H3/t12-,13+,14+,15+,16+/m0/s1. The lowest BCUT2D eigenvalue weighted by molar-refractivity contribution is -0.273. The number of azide groups is 1. The molecule has 2 heterocycles. The molecule has 1 aromatic carbocycles. The normalized spacial score (nSPS) is 30.8. The first-order valence-electron chi connectivity index (χ1n) is 8.84. The van der Waals surface area contributed by atoms with E-state index in [9.17, 15) is 9.90 Å². The Labute approximate surface area is 157 Å². The van der Waals surface area contributed by atoms with Gasteiger partial charge >= 0.3 is 6.09 Å². The molecule has 0 aromatic heterocycles. The Balaban J connectivity index is 1.84. The van der Waals surface area contributed by atoms with Crippen molar-refractivity contribution in [3.63, 3.8) is 0 Å². The minimum Gasteiger partial charge on any atom is -0.444 e. The van der Waals surface area contributed by atoms with Crippen LogP contribution >= 0.6 is 0 Å². The van der Waals surface area contributed by atoms with Crippen LogP contribution in [-0.4, -0.2) is 59.1 Å². The summed E-state index contributed by atoms with van der Waals surface area (Å²) in [7, 11) is 0. The molecule has 2 aliphatic heterocycles. The van der Waals surface area contributed by atoms with Crippen LogP contribution in [0.15, 0.2) is 35.4 Å². The van der Waals surface area contributed by atoms with Crippen molar-refractivity contribution in [2.24, 2.45) is 5.11 Å². The number of aliphatic hydroxyl groups is 1. The number of benzene rings is 1. The van der Waals surface area contributed by atoms with Crippen LogP contribution in [-0.2, 0) is 14.2 Å². The van der Waals surface area contributed by atoms with Crippen molar-refractivity contribution in [2.45, 2.75) is 57.0 Å². The summed E-state index contributed by atoms with van der Waals surface area (Å²) in [5, 5.41) is 14.3.